The minimum atomic E-state index is 0.782. The summed E-state index contributed by atoms with van der Waals surface area (Å²) in [5, 5.41) is 0. The van der Waals surface area contributed by atoms with Crippen molar-refractivity contribution in [3.63, 3.8) is 0 Å². The number of rotatable bonds is 4. The van der Waals surface area contributed by atoms with Crippen molar-refractivity contribution in [1.82, 2.24) is 19.9 Å². The molecule has 108 valence electrons. The monoisotopic (exact) mass is 281 g/mol. The van der Waals surface area contributed by atoms with Gasteiger partial charge in [-0.05, 0) is 5.56 Å². The molecule has 5 nitrogen and oxygen atoms in total. The summed E-state index contributed by atoms with van der Waals surface area (Å²) in [6, 6.07) is 10.4. The van der Waals surface area contributed by atoms with Crippen LogP contribution in [0, 0.1) is 0 Å². The van der Waals surface area contributed by atoms with Gasteiger partial charge in [0.1, 0.15) is 12.7 Å². The fourth-order valence-corrected chi connectivity index (χ4v) is 2.43. The molecule has 0 spiro atoms. The highest BCUT2D eigenvalue weighted by atomic mass is 15.3. The Labute approximate surface area is 125 Å². The molecule has 1 fully saturated rings. The van der Waals surface area contributed by atoms with Crippen molar-refractivity contribution in [3.8, 4) is 0 Å². The number of benzene rings is 1. The van der Waals surface area contributed by atoms with Crippen LogP contribution in [0.1, 0.15) is 5.56 Å². The Hall–Kier alpha value is -2.27. The van der Waals surface area contributed by atoms with Crippen molar-refractivity contribution in [1.29, 1.82) is 0 Å². The van der Waals surface area contributed by atoms with E-state index < -0.39 is 0 Å². The maximum absolute atomic E-state index is 4.20. The van der Waals surface area contributed by atoms with E-state index in [0.717, 1.165) is 38.7 Å². The number of hydrogen-bond donors (Lipinski definition) is 0. The minimum absolute atomic E-state index is 0.782. The van der Waals surface area contributed by atoms with Crippen LogP contribution in [-0.4, -0.2) is 52.6 Å². The summed E-state index contributed by atoms with van der Waals surface area (Å²) in [6.45, 7) is 4.97. The van der Waals surface area contributed by atoms with Crippen LogP contribution in [0.3, 0.4) is 0 Å². The third kappa shape index (κ3) is 3.86. The predicted octanol–water partition coefficient (Wildman–Crippen LogP) is 1.71. The van der Waals surface area contributed by atoms with Crippen LogP contribution in [-0.2, 0) is 0 Å². The van der Waals surface area contributed by atoms with Crippen LogP contribution >= 0.6 is 0 Å². The number of hydrogen-bond acceptors (Lipinski definition) is 5. The Bertz CT molecular complexity index is 562. The van der Waals surface area contributed by atoms with Crippen molar-refractivity contribution >= 4 is 12.0 Å². The maximum Gasteiger partial charge on any atom is 0.228 e. The van der Waals surface area contributed by atoms with E-state index in [1.165, 1.54) is 5.56 Å². The summed E-state index contributed by atoms with van der Waals surface area (Å²) in [5.41, 5.74) is 1.25. The van der Waals surface area contributed by atoms with Crippen LogP contribution in [0.25, 0.3) is 6.08 Å². The Kier molecular flexibility index (Phi) is 4.53. The fraction of sp³-hybridized carbons (Fsp3) is 0.312. The van der Waals surface area contributed by atoms with Gasteiger partial charge >= 0.3 is 0 Å². The van der Waals surface area contributed by atoms with E-state index in [-0.39, 0.29) is 0 Å². The van der Waals surface area contributed by atoms with Crippen molar-refractivity contribution in [2.45, 2.75) is 0 Å². The van der Waals surface area contributed by atoms with E-state index in [1.54, 1.807) is 12.7 Å². The summed E-state index contributed by atoms with van der Waals surface area (Å²) in [7, 11) is 0. The molecule has 1 aromatic heterocycles. The lowest BCUT2D eigenvalue weighted by molar-refractivity contribution is 0.283. The molecule has 1 aromatic carbocycles. The largest absolute Gasteiger partial charge is 0.338 e. The van der Waals surface area contributed by atoms with Gasteiger partial charge in [0.15, 0.2) is 0 Å². The highest BCUT2D eigenvalue weighted by molar-refractivity contribution is 5.48. The quantitative estimate of drug-likeness (QED) is 0.853. The van der Waals surface area contributed by atoms with Crippen LogP contribution in [0.5, 0.6) is 0 Å². The lowest BCUT2D eigenvalue weighted by Crippen LogP contribution is -2.46. The molecule has 3 rings (SSSR count). The molecule has 1 aliphatic heterocycles. The van der Waals surface area contributed by atoms with Crippen molar-refractivity contribution in [2.24, 2.45) is 0 Å². The lowest BCUT2D eigenvalue weighted by Gasteiger charge is -2.33. The molecule has 2 heterocycles. The molecule has 1 saturated heterocycles. The van der Waals surface area contributed by atoms with Gasteiger partial charge < -0.3 is 4.90 Å². The highest BCUT2D eigenvalue weighted by Crippen LogP contribution is 2.09. The molecule has 0 radical (unpaired) electrons. The van der Waals surface area contributed by atoms with Crippen LogP contribution in [0.15, 0.2) is 49.1 Å². The molecule has 0 amide bonds. The molecular weight excluding hydrogens is 262 g/mol. The van der Waals surface area contributed by atoms with Gasteiger partial charge in [-0.1, -0.05) is 42.5 Å². The van der Waals surface area contributed by atoms with E-state index in [0.29, 0.717) is 0 Å². The van der Waals surface area contributed by atoms with Gasteiger partial charge in [-0.25, -0.2) is 15.0 Å². The molecule has 0 bridgehead atoms. The van der Waals surface area contributed by atoms with Gasteiger partial charge in [-0.15, -0.1) is 0 Å². The third-order valence-electron chi connectivity index (χ3n) is 3.61. The first-order valence-corrected chi connectivity index (χ1v) is 7.23. The first-order chi connectivity index (χ1) is 10.4. The molecule has 0 saturated carbocycles. The van der Waals surface area contributed by atoms with E-state index in [9.17, 15) is 0 Å². The second-order valence-corrected chi connectivity index (χ2v) is 5.04. The zero-order valence-electron chi connectivity index (χ0n) is 12.0. The van der Waals surface area contributed by atoms with Crippen LogP contribution < -0.4 is 4.90 Å². The van der Waals surface area contributed by atoms with Crippen LogP contribution in [0.2, 0.25) is 0 Å². The van der Waals surface area contributed by atoms with E-state index >= 15 is 0 Å². The van der Waals surface area contributed by atoms with Gasteiger partial charge in [-0.3, -0.25) is 4.90 Å². The fourth-order valence-electron chi connectivity index (χ4n) is 2.43. The lowest BCUT2D eigenvalue weighted by atomic mass is 10.2. The van der Waals surface area contributed by atoms with Crippen molar-refractivity contribution in [2.75, 3.05) is 37.6 Å². The maximum atomic E-state index is 4.20. The number of anilines is 1. The first kappa shape index (κ1) is 13.7. The summed E-state index contributed by atoms with van der Waals surface area (Å²) in [5.74, 6) is 0.782. The van der Waals surface area contributed by atoms with Gasteiger partial charge in [0.25, 0.3) is 0 Å². The molecule has 0 N–H and O–H groups in total. The van der Waals surface area contributed by atoms with Gasteiger partial charge in [0.2, 0.25) is 5.95 Å². The Balaban J connectivity index is 1.47. The number of nitrogens with zero attached hydrogens (tertiary/aromatic N) is 5. The third-order valence-corrected chi connectivity index (χ3v) is 3.61. The molecule has 0 atom stereocenters. The first-order valence-electron chi connectivity index (χ1n) is 7.23. The molecule has 2 aromatic rings. The SMILES string of the molecule is C(=Cc1ccccc1)CN1CCN(c2ncncn2)CC1. The zero-order valence-corrected chi connectivity index (χ0v) is 12.0. The standard InChI is InChI=1S/C16H19N5/c1-2-5-15(6-3-1)7-4-8-20-9-11-21(12-10-20)16-18-13-17-14-19-16/h1-7,13-14H,8-12H2. The van der Waals surface area contributed by atoms with Crippen molar-refractivity contribution < 1.29 is 0 Å². The normalized spacial score (nSPS) is 16.5. The summed E-state index contributed by atoms with van der Waals surface area (Å²) in [4.78, 5) is 16.9. The average molecular weight is 281 g/mol. The second-order valence-electron chi connectivity index (χ2n) is 5.04. The molecular formula is C16H19N5. The number of piperazine rings is 1. The summed E-state index contributed by atoms with van der Waals surface area (Å²) < 4.78 is 0. The van der Waals surface area contributed by atoms with E-state index in [1.807, 2.05) is 6.07 Å². The molecule has 1 aliphatic rings. The van der Waals surface area contributed by atoms with Gasteiger partial charge in [-0.2, -0.15) is 0 Å². The Morgan fingerprint density at radius 1 is 0.952 bits per heavy atom. The minimum Gasteiger partial charge on any atom is -0.338 e. The topological polar surface area (TPSA) is 45.2 Å². The van der Waals surface area contributed by atoms with Gasteiger partial charge in [0.05, 0.1) is 0 Å². The van der Waals surface area contributed by atoms with Crippen LogP contribution in [0.4, 0.5) is 5.95 Å². The van der Waals surface area contributed by atoms with Crippen molar-refractivity contribution in [3.05, 3.63) is 54.6 Å². The van der Waals surface area contributed by atoms with E-state index in [4.69, 9.17) is 0 Å². The van der Waals surface area contributed by atoms with E-state index in [2.05, 4.69) is 61.2 Å². The summed E-state index contributed by atoms with van der Waals surface area (Å²) in [6.07, 6.45) is 7.51. The second kappa shape index (κ2) is 6.95. The molecule has 0 aliphatic carbocycles. The van der Waals surface area contributed by atoms with Gasteiger partial charge in [0, 0.05) is 32.7 Å². The Morgan fingerprint density at radius 3 is 2.38 bits per heavy atom. The predicted molar refractivity (Wildman–Crippen MR) is 84.0 cm³/mol. The Morgan fingerprint density at radius 2 is 1.67 bits per heavy atom. The molecule has 5 heteroatoms. The smallest absolute Gasteiger partial charge is 0.228 e. The zero-order chi connectivity index (χ0) is 14.3. The molecule has 0 unspecified atom stereocenters. The molecule has 21 heavy (non-hydrogen) atoms. The number of aromatic nitrogens is 3. The average Bonchev–Trinajstić information content (AvgIpc) is 2.57. The summed E-state index contributed by atoms with van der Waals surface area (Å²) >= 11 is 0. The highest BCUT2D eigenvalue weighted by Gasteiger charge is 2.17.